The Bertz CT molecular complexity index is 950. The van der Waals surface area contributed by atoms with Gasteiger partial charge < -0.3 is 20.4 Å². The number of hydrogen-bond acceptors (Lipinski definition) is 4. The average Bonchev–Trinajstić information content (AvgIpc) is 3.36. The van der Waals surface area contributed by atoms with E-state index in [4.69, 9.17) is 0 Å². The van der Waals surface area contributed by atoms with E-state index in [1.165, 1.54) is 0 Å². The largest absolute Gasteiger partial charge is 0.481 e. The van der Waals surface area contributed by atoms with Crippen LogP contribution in [0.1, 0.15) is 33.6 Å². The van der Waals surface area contributed by atoms with Gasteiger partial charge in [0.15, 0.2) is 0 Å². The maximum Gasteiger partial charge on any atom is 0.336 e. The predicted octanol–water partition coefficient (Wildman–Crippen LogP) is -0.653. The van der Waals surface area contributed by atoms with Crippen molar-refractivity contribution in [1.29, 1.82) is 0 Å². The highest BCUT2D eigenvalue weighted by molar-refractivity contribution is 6.15. The Balaban J connectivity index is 2.15. The van der Waals surface area contributed by atoms with Crippen LogP contribution in [-0.2, 0) is 9.59 Å². The summed E-state index contributed by atoms with van der Waals surface area (Å²) in [5, 5.41) is 38.3. The molecule has 2 atom stereocenters. The molecule has 3 aliphatic rings. The van der Waals surface area contributed by atoms with Gasteiger partial charge in [-0.2, -0.15) is 0 Å². The van der Waals surface area contributed by atoms with E-state index in [0.29, 0.717) is 21.6 Å². The molecule has 3 aliphatic carbocycles. The molecule has 0 amide bonds. The molecule has 4 N–H and O–H groups in total. The number of fused-ring (bicyclic) bond motifs is 4. The summed E-state index contributed by atoms with van der Waals surface area (Å²) >= 11 is 0. The molecule has 2 fully saturated rings. The Morgan fingerprint density at radius 2 is 1.04 bits per heavy atom. The lowest BCUT2D eigenvalue weighted by Crippen LogP contribution is -2.41. The van der Waals surface area contributed by atoms with Crippen molar-refractivity contribution < 1.29 is 39.6 Å². The van der Waals surface area contributed by atoms with Gasteiger partial charge in [0.05, 0.1) is 11.1 Å². The van der Waals surface area contributed by atoms with Gasteiger partial charge in [-0.15, -0.1) is 0 Å². The maximum absolute atomic E-state index is 11.8. The average molecular weight is 330 g/mol. The summed E-state index contributed by atoms with van der Waals surface area (Å²) < 4.78 is 0. The fraction of sp³-hybridized carbons (Fsp3) is 0.250. The summed E-state index contributed by atoms with van der Waals surface area (Å²) in [6.07, 6.45) is 0.0488. The van der Waals surface area contributed by atoms with Crippen molar-refractivity contribution in [2.75, 3.05) is 0 Å². The Hall–Kier alpha value is -3.16. The minimum atomic E-state index is -1.54. The Labute approximate surface area is 133 Å². The van der Waals surface area contributed by atoms with Gasteiger partial charge in [-0.25, -0.2) is 9.59 Å². The van der Waals surface area contributed by atoms with Gasteiger partial charge in [-0.1, -0.05) is 0 Å². The molecular weight excluding hydrogens is 320 g/mol. The Morgan fingerprint density at radius 3 is 1.29 bits per heavy atom. The lowest BCUT2D eigenvalue weighted by molar-refractivity contribution is -0.155. The lowest BCUT2D eigenvalue weighted by atomic mass is 9.80. The molecule has 122 valence electrons. The molecule has 24 heavy (non-hydrogen) atoms. The fourth-order valence-electron chi connectivity index (χ4n) is 4.14. The van der Waals surface area contributed by atoms with E-state index in [1.54, 1.807) is 0 Å². The number of benzene rings is 1. The molecule has 1 aromatic rings. The molecule has 8 nitrogen and oxygen atoms in total. The van der Waals surface area contributed by atoms with Gasteiger partial charge in [0.1, 0.15) is 10.8 Å². The van der Waals surface area contributed by atoms with Crippen LogP contribution in [0.5, 0.6) is 0 Å². The van der Waals surface area contributed by atoms with Gasteiger partial charge in [-0.3, -0.25) is 9.59 Å². The van der Waals surface area contributed by atoms with E-state index in [9.17, 15) is 39.6 Å². The molecule has 4 rings (SSSR count). The van der Waals surface area contributed by atoms with Gasteiger partial charge in [0, 0.05) is 0 Å². The molecule has 0 bridgehead atoms. The number of hydrogen-bond donors (Lipinski definition) is 4. The van der Waals surface area contributed by atoms with E-state index < -0.39 is 45.8 Å². The van der Waals surface area contributed by atoms with E-state index >= 15 is 0 Å². The molecule has 2 unspecified atom stereocenters. The smallest absolute Gasteiger partial charge is 0.336 e. The number of rotatable bonds is 4. The summed E-state index contributed by atoms with van der Waals surface area (Å²) in [5.74, 6) is -5.37. The van der Waals surface area contributed by atoms with Crippen molar-refractivity contribution in [1.82, 2.24) is 0 Å². The third kappa shape index (κ3) is 1.30. The summed E-state index contributed by atoms with van der Waals surface area (Å²) in [6, 6.07) is 2.30. The molecule has 2 saturated carbocycles. The minimum absolute atomic E-state index is 0.0244. The van der Waals surface area contributed by atoms with Crippen molar-refractivity contribution in [2.24, 2.45) is 10.8 Å². The van der Waals surface area contributed by atoms with Crippen LogP contribution in [0.2, 0.25) is 0 Å². The SMILES string of the molecule is O=C(O)c1cc2c(cc1C(=O)O)=C1CC1(C(=O)O)C1(C(=O)O)CC=21. The topological polar surface area (TPSA) is 149 Å². The van der Waals surface area contributed by atoms with Crippen molar-refractivity contribution in [3.05, 3.63) is 33.7 Å². The molecule has 0 spiro atoms. The Morgan fingerprint density at radius 1 is 0.708 bits per heavy atom. The zero-order valence-corrected chi connectivity index (χ0v) is 12.0. The van der Waals surface area contributed by atoms with Crippen LogP contribution >= 0.6 is 0 Å². The number of carboxylic acids is 4. The van der Waals surface area contributed by atoms with Crippen LogP contribution < -0.4 is 10.4 Å². The molecule has 0 heterocycles. The van der Waals surface area contributed by atoms with Crippen molar-refractivity contribution in [2.45, 2.75) is 12.8 Å². The summed E-state index contributed by atoms with van der Waals surface area (Å²) in [6.45, 7) is 0. The second-order valence-corrected chi connectivity index (χ2v) is 6.29. The Kier molecular flexibility index (Phi) is 2.31. The highest BCUT2D eigenvalue weighted by Gasteiger charge is 2.81. The minimum Gasteiger partial charge on any atom is -0.481 e. The number of aliphatic carboxylic acids is 2. The van der Waals surface area contributed by atoms with Gasteiger partial charge in [-0.05, 0) is 46.6 Å². The first-order valence-electron chi connectivity index (χ1n) is 7.03. The molecule has 0 aliphatic heterocycles. The monoisotopic (exact) mass is 330 g/mol. The van der Waals surface area contributed by atoms with Gasteiger partial charge in [0.25, 0.3) is 0 Å². The van der Waals surface area contributed by atoms with Crippen molar-refractivity contribution in [3.63, 3.8) is 0 Å². The third-order valence-electron chi connectivity index (χ3n) is 5.39. The van der Waals surface area contributed by atoms with Gasteiger partial charge in [0.2, 0.25) is 0 Å². The van der Waals surface area contributed by atoms with Gasteiger partial charge >= 0.3 is 23.9 Å². The van der Waals surface area contributed by atoms with Crippen LogP contribution in [-0.4, -0.2) is 44.3 Å². The van der Waals surface area contributed by atoms with Crippen LogP contribution in [0, 0.1) is 10.8 Å². The second-order valence-electron chi connectivity index (χ2n) is 6.29. The summed E-state index contributed by atoms with van der Waals surface area (Å²) in [5.41, 5.74) is -3.25. The highest BCUT2D eigenvalue weighted by Crippen LogP contribution is 2.77. The number of aromatic carboxylic acids is 2. The van der Waals surface area contributed by atoms with E-state index in [2.05, 4.69) is 0 Å². The van der Waals surface area contributed by atoms with Crippen molar-refractivity contribution >= 4 is 35.0 Å². The zero-order chi connectivity index (χ0) is 17.6. The lowest BCUT2D eigenvalue weighted by Gasteiger charge is -2.20. The predicted molar refractivity (Wildman–Crippen MR) is 75.8 cm³/mol. The molecular formula is C16H10O8. The van der Waals surface area contributed by atoms with Crippen LogP contribution in [0.3, 0.4) is 0 Å². The molecule has 8 heteroatoms. The first-order valence-corrected chi connectivity index (χ1v) is 7.03. The number of carbonyl (C=O) groups is 4. The van der Waals surface area contributed by atoms with E-state index in [1.807, 2.05) is 0 Å². The van der Waals surface area contributed by atoms with Crippen LogP contribution in [0.4, 0.5) is 0 Å². The first-order chi connectivity index (χ1) is 11.2. The molecule has 0 saturated heterocycles. The number of carboxylic acid groups (broad SMARTS) is 4. The van der Waals surface area contributed by atoms with E-state index in [0.717, 1.165) is 12.1 Å². The standard InChI is InChI=1S/C16H10O8/c17-11(18)7-1-5-6(2-8(7)12(19)20)10-4-16(10,14(23)24)15(13(21)22)3-9(5)15/h1-2H,3-4H2,(H,17,18)(H,19,20)(H,21,22)(H,23,24). The second kappa shape index (κ2) is 3.84. The quantitative estimate of drug-likeness (QED) is 0.569. The van der Waals surface area contributed by atoms with Crippen LogP contribution in [0.15, 0.2) is 12.1 Å². The fourth-order valence-corrected chi connectivity index (χ4v) is 4.14. The highest BCUT2D eigenvalue weighted by atomic mass is 16.4. The first kappa shape index (κ1) is 14.4. The van der Waals surface area contributed by atoms with Crippen molar-refractivity contribution in [3.8, 4) is 0 Å². The zero-order valence-electron chi connectivity index (χ0n) is 12.0. The third-order valence-corrected chi connectivity index (χ3v) is 5.39. The molecule has 0 aromatic heterocycles. The molecule has 0 radical (unpaired) electrons. The van der Waals surface area contributed by atoms with E-state index in [-0.39, 0.29) is 12.8 Å². The normalized spacial score (nSPS) is 28.3. The van der Waals surface area contributed by atoms with Crippen LogP contribution in [0.25, 0.3) is 11.1 Å². The molecule has 1 aromatic carbocycles. The summed E-state index contributed by atoms with van der Waals surface area (Å²) in [7, 11) is 0. The summed E-state index contributed by atoms with van der Waals surface area (Å²) in [4.78, 5) is 46.2. The maximum atomic E-state index is 11.8.